The Hall–Kier alpha value is -1.07. The summed E-state index contributed by atoms with van der Waals surface area (Å²) in [5.74, 6) is -0.896. The molecule has 2 fully saturated rings. The second-order valence-corrected chi connectivity index (χ2v) is 8.76. The predicted molar refractivity (Wildman–Crippen MR) is 89.9 cm³/mol. The number of carbonyl (C=O) groups is 2. The number of amides is 1. The number of β-lactam (4-membered cyclic amide) rings is 1. The maximum absolute atomic E-state index is 11.8. The molecular weight excluding hydrogens is 385 g/mol. The van der Waals surface area contributed by atoms with E-state index < -0.39 is 16.8 Å². The smallest absolute Gasteiger partial charge is 0.548 e. The second-order valence-electron chi connectivity index (χ2n) is 6.11. The summed E-state index contributed by atoms with van der Waals surface area (Å²) in [7, 11) is 0. The minimum Gasteiger partial charge on any atom is -0.548 e. The van der Waals surface area contributed by atoms with Gasteiger partial charge in [-0.05, 0) is 29.5 Å². The molecule has 2 saturated heterocycles. The van der Waals surface area contributed by atoms with Crippen LogP contribution in [0.4, 0.5) is 0 Å². The van der Waals surface area contributed by atoms with Crippen LogP contribution in [0.2, 0.25) is 0 Å². The Kier molecular flexibility index (Phi) is 5.69. The number of carboxylic acid groups (broad SMARTS) is 1. The van der Waals surface area contributed by atoms with E-state index in [4.69, 9.17) is 0 Å². The van der Waals surface area contributed by atoms with Gasteiger partial charge < -0.3 is 14.8 Å². The van der Waals surface area contributed by atoms with Crippen LogP contribution in [0.1, 0.15) is 13.3 Å². The van der Waals surface area contributed by atoms with E-state index in [9.17, 15) is 14.7 Å². The summed E-state index contributed by atoms with van der Waals surface area (Å²) in [4.78, 5) is 24.8. The number of aliphatic carboxylic acids is 1. The SMILES string of the molecule is CC1(CSc2nnnn2-c2ccccc2)SC2CC(=O)N2C1C(=O)[O-].[Na+]. The zero-order valence-corrected chi connectivity index (χ0v) is 17.9. The van der Waals surface area contributed by atoms with Crippen LogP contribution in [-0.2, 0) is 9.59 Å². The molecule has 0 radical (unpaired) electrons. The normalized spacial score (nSPS) is 26.8. The van der Waals surface area contributed by atoms with Gasteiger partial charge in [0.2, 0.25) is 11.1 Å². The molecule has 0 bridgehead atoms. The number of carbonyl (C=O) groups excluding carboxylic acids is 2. The van der Waals surface area contributed by atoms with Crippen LogP contribution in [0.5, 0.6) is 0 Å². The van der Waals surface area contributed by atoms with Gasteiger partial charge >= 0.3 is 29.6 Å². The van der Waals surface area contributed by atoms with E-state index in [0.29, 0.717) is 17.3 Å². The number of fused-ring (bicyclic) bond motifs is 1. The molecule has 2 aliphatic rings. The fourth-order valence-electron chi connectivity index (χ4n) is 3.16. The Balaban J connectivity index is 0.00000196. The number of thioether (sulfide) groups is 2. The van der Waals surface area contributed by atoms with E-state index >= 15 is 0 Å². The van der Waals surface area contributed by atoms with Crippen LogP contribution in [0.15, 0.2) is 35.5 Å². The number of rotatable bonds is 5. The third-order valence-electron chi connectivity index (χ3n) is 4.36. The summed E-state index contributed by atoms with van der Waals surface area (Å²) in [5, 5.41) is 23.9. The van der Waals surface area contributed by atoms with Crippen molar-refractivity contribution in [3.05, 3.63) is 30.3 Å². The van der Waals surface area contributed by atoms with Crippen molar-refractivity contribution in [3.8, 4) is 5.69 Å². The monoisotopic (exact) mass is 399 g/mol. The quantitative estimate of drug-likeness (QED) is 0.297. The molecule has 3 heterocycles. The number of nitrogens with zero attached hydrogens (tertiary/aromatic N) is 5. The topological polar surface area (TPSA) is 104 Å². The van der Waals surface area contributed by atoms with Gasteiger partial charge in [-0.15, -0.1) is 16.9 Å². The van der Waals surface area contributed by atoms with Crippen molar-refractivity contribution in [2.45, 2.75) is 34.7 Å². The molecule has 3 atom stereocenters. The number of hydrogen-bond donors (Lipinski definition) is 0. The number of benzene rings is 1. The maximum Gasteiger partial charge on any atom is 1.00 e. The number of tetrazole rings is 1. The van der Waals surface area contributed by atoms with Gasteiger partial charge in [-0.25, -0.2) is 0 Å². The number of carboxylic acids is 1. The first-order valence-corrected chi connectivity index (χ1v) is 9.52. The molecule has 2 aromatic rings. The molecular formula is C15H14N5NaO3S2. The molecule has 130 valence electrons. The van der Waals surface area contributed by atoms with Gasteiger partial charge in [0.15, 0.2) is 0 Å². The zero-order chi connectivity index (χ0) is 17.6. The third kappa shape index (κ3) is 3.29. The van der Waals surface area contributed by atoms with Crippen LogP contribution in [0.3, 0.4) is 0 Å². The van der Waals surface area contributed by atoms with E-state index in [-0.39, 0.29) is 40.8 Å². The fraction of sp³-hybridized carbons (Fsp3) is 0.400. The molecule has 1 aromatic heterocycles. The summed E-state index contributed by atoms with van der Waals surface area (Å²) >= 11 is 2.89. The largest absolute Gasteiger partial charge is 1.00 e. The fourth-order valence-corrected chi connectivity index (χ4v) is 6.08. The Labute approximate surface area is 180 Å². The molecule has 3 unspecified atom stereocenters. The maximum atomic E-state index is 11.8. The predicted octanol–water partition coefficient (Wildman–Crippen LogP) is -3.06. The first-order chi connectivity index (χ1) is 12.0. The molecule has 1 amide bonds. The van der Waals surface area contributed by atoms with E-state index in [1.807, 2.05) is 37.3 Å². The Bertz CT molecular complexity index is 836. The summed E-state index contributed by atoms with van der Waals surface area (Å²) in [6.07, 6.45) is 0.385. The molecule has 4 rings (SSSR count). The molecule has 0 spiro atoms. The van der Waals surface area contributed by atoms with Crippen molar-refractivity contribution in [2.24, 2.45) is 0 Å². The minimum absolute atomic E-state index is 0. The minimum atomic E-state index is -1.21. The summed E-state index contributed by atoms with van der Waals surface area (Å²) in [5.41, 5.74) is 0.828. The third-order valence-corrected chi connectivity index (χ3v) is 7.37. The summed E-state index contributed by atoms with van der Waals surface area (Å²) < 4.78 is 0.954. The molecule has 8 nitrogen and oxygen atoms in total. The average molecular weight is 399 g/mol. The van der Waals surface area contributed by atoms with Gasteiger partial charge in [-0.1, -0.05) is 30.0 Å². The second kappa shape index (κ2) is 7.51. The van der Waals surface area contributed by atoms with Crippen molar-refractivity contribution < 1.29 is 44.3 Å². The molecule has 1 aromatic carbocycles. The zero-order valence-electron chi connectivity index (χ0n) is 14.2. The molecule has 0 saturated carbocycles. The molecule has 0 N–H and O–H groups in total. The summed E-state index contributed by atoms with van der Waals surface area (Å²) in [6.45, 7) is 1.85. The van der Waals surface area contributed by atoms with Crippen molar-refractivity contribution in [1.82, 2.24) is 25.1 Å². The van der Waals surface area contributed by atoms with Gasteiger partial charge in [0.05, 0.1) is 34.2 Å². The first kappa shape index (κ1) is 19.7. The van der Waals surface area contributed by atoms with Crippen LogP contribution in [0, 0.1) is 0 Å². The number of aromatic nitrogens is 4. The van der Waals surface area contributed by atoms with Gasteiger partial charge in [-0.2, -0.15) is 4.68 Å². The molecule has 26 heavy (non-hydrogen) atoms. The summed E-state index contributed by atoms with van der Waals surface area (Å²) in [6, 6.07) is 8.53. The van der Waals surface area contributed by atoms with E-state index in [1.54, 1.807) is 4.68 Å². The Morgan fingerprint density at radius 1 is 1.42 bits per heavy atom. The molecule has 11 heteroatoms. The van der Waals surface area contributed by atoms with Crippen molar-refractivity contribution >= 4 is 35.4 Å². The van der Waals surface area contributed by atoms with Gasteiger partial charge in [0.25, 0.3) is 0 Å². The molecule has 2 aliphatic heterocycles. The number of para-hydroxylation sites is 1. The van der Waals surface area contributed by atoms with E-state index in [1.165, 1.54) is 28.4 Å². The van der Waals surface area contributed by atoms with Crippen LogP contribution in [-0.4, -0.2) is 58.9 Å². The van der Waals surface area contributed by atoms with Crippen LogP contribution >= 0.6 is 23.5 Å². The average Bonchev–Trinajstić information content (AvgIpc) is 3.15. The van der Waals surface area contributed by atoms with Gasteiger partial charge in [-0.3, -0.25) is 4.79 Å². The molecule has 0 aliphatic carbocycles. The number of hydrogen-bond acceptors (Lipinski definition) is 8. The van der Waals surface area contributed by atoms with Crippen molar-refractivity contribution in [1.29, 1.82) is 0 Å². The van der Waals surface area contributed by atoms with Gasteiger partial charge in [0, 0.05) is 5.75 Å². The van der Waals surface area contributed by atoms with Crippen molar-refractivity contribution in [2.75, 3.05) is 5.75 Å². The van der Waals surface area contributed by atoms with Crippen LogP contribution in [0.25, 0.3) is 5.69 Å². The van der Waals surface area contributed by atoms with Gasteiger partial charge in [0.1, 0.15) is 0 Å². The van der Waals surface area contributed by atoms with E-state index in [2.05, 4.69) is 15.5 Å². The van der Waals surface area contributed by atoms with Crippen LogP contribution < -0.4 is 34.7 Å². The Morgan fingerprint density at radius 2 is 2.15 bits per heavy atom. The van der Waals surface area contributed by atoms with E-state index in [0.717, 1.165) is 5.69 Å². The first-order valence-electron chi connectivity index (χ1n) is 7.66. The standard InChI is InChI=1S/C15H15N5O3S2.Na/c1-15(12(13(22)23)19-10(21)7-11(19)25-15)8-24-14-16-17-18-20(14)9-5-3-2-4-6-9;/h2-6,11-12H,7-8H2,1H3,(H,22,23);/q;+1/p-1. The van der Waals surface area contributed by atoms with Crippen molar-refractivity contribution in [3.63, 3.8) is 0 Å². The Morgan fingerprint density at radius 3 is 2.81 bits per heavy atom.